The minimum Gasteiger partial charge on any atom is -0.351 e. The van der Waals surface area contributed by atoms with Gasteiger partial charge in [-0.1, -0.05) is 31.9 Å². The fourth-order valence-electron chi connectivity index (χ4n) is 1.03. The molecule has 4 heteroatoms. The van der Waals surface area contributed by atoms with Gasteiger partial charge >= 0.3 is 0 Å². The Morgan fingerprint density at radius 3 is 3.00 bits per heavy atom. The summed E-state index contributed by atoms with van der Waals surface area (Å²) in [6, 6.07) is 0. The maximum Gasteiger partial charge on any atom is 0.169 e. The first-order chi connectivity index (χ1) is 5.34. The van der Waals surface area contributed by atoms with Crippen LogP contribution in [0, 0.1) is 0 Å². The molecule has 0 N–H and O–H groups in total. The van der Waals surface area contributed by atoms with Gasteiger partial charge in [0.15, 0.2) is 6.29 Å². The molecule has 2 atom stereocenters. The molecule has 1 fully saturated rings. The number of alkyl halides is 2. The molecule has 2 unspecified atom stereocenters. The van der Waals surface area contributed by atoms with Crippen molar-refractivity contribution in [3.8, 4) is 0 Å². The average Bonchev–Trinajstić information content (AvgIpc) is 2.03. The third-order valence-electron chi connectivity index (χ3n) is 1.56. The molecule has 11 heavy (non-hydrogen) atoms. The van der Waals surface area contributed by atoms with Crippen LogP contribution in [-0.4, -0.2) is 29.7 Å². The summed E-state index contributed by atoms with van der Waals surface area (Å²) in [7, 11) is 0. The Bertz CT molecular complexity index is 111. The van der Waals surface area contributed by atoms with Crippen molar-refractivity contribution >= 4 is 31.9 Å². The van der Waals surface area contributed by atoms with Crippen molar-refractivity contribution in [3.05, 3.63) is 0 Å². The second-order valence-electron chi connectivity index (χ2n) is 2.46. The third kappa shape index (κ3) is 3.40. The summed E-state index contributed by atoms with van der Waals surface area (Å²) in [5, 5.41) is 0.868. The zero-order valence-corrected chi connectivity index (χ0v) is 9.43. The summed E-state index contributed by atoms with van der Waals surface area (Å²) in [5.74, 6) is 0. The van der Waals surface area contributed by atoms with E-state index in [1.54, 1.807) is 0 Å². The SMILES string of the molecule is BrCCOC1OCCCC1Br. The first-order valence-corrected chi connectivity index (χ1v) is 5.81. The van der Waals surface area contributed by atoms with Crippen molar-refractivity contribution in [2.45, 2.75) is 24.0 Å². The Balaban J connectivity index is 2.18. The van der Waals surface area contributed by atoms with Gasteiger partial charge in [0.05, 0.1) is 11.4 Å². The number of hydrogen-bond donors (Lipinski definition) is 0. The van der Waals surface area contributed by atoms with E-state index in [1.165, 1.54) is 0 Å². The summed E-state index contributed by atoms with van der Waals surface area (Å²) < 4.78 is 10.8. The Labute approximate surface area is 83.9 Å². The van der Waals surface area contributed by atoms with E-state index in [0.29, 0.717) is 11.4 Å². The van der Waals surface area contributed by atoms with Crippen LogP contribution in [0.4, 0.5) is 0 Å². The Morgan fingerprint density at radius 2 is 2.36 bits per heavy atom. The van der Waals surface area contributed by atoms with Crippen LogP contribution in [0.2, 0.25) is 0 Å². The summed E-state index contributed by atoms with van der Waals surface area (Å²) in [5.41, 5.74) is 0. The van der Waals surface area contributed by atoms with Crippen LogP contribution < -0.4 is 0 Å². The zero-order chi connectivity index (χ0) is 8.10. The quantitative estimate of drug-likeness (QED) is 0.742. The van der Waals surface area contributed by atoms with Gasteiger partial charge in [-0.2, -0.15) is 0 Å². The lowest BCUT2D eigenvalue weighted by molar-refractivity contribution is -0.153. The summed E-state index contributed by atoms with van der Waals surface area (Å²) in [4.78, 5) is 0.371. The number of ether oxygens (including phenoxy) is 2. The monoisotopic (exact) mass is 286 g/mol. The van der Waals surface area contributed by atoms with Crippen LogP contribution in [0.3, 0.4) is 0 Å². The van der Waals surface area contributed by atoms with Crippen LogP contribution in [0.25, 0.3) is 0 Å². The van der Waals surface area contributed by atoms with Gasteiger partial charge in [-0.05, 0) is 12.8 Å². The van der Waals surface area contributed by atoms with Gasteiger partial charge < -0.3 is 9.47 Å². The predicted molar refractivity (Wildman–Crippen MR) is 51.4 cm³/mol. The molecule has 1 heterocycles. The highest BCUT2D eigenvalue weighted by Crippen LogP contribution is 2.21. The molecule has 0 bridgehead atoms. The largest absolute Gasteiger partial charge is 0.351 e. The van der Waals surface area contributed by atoms with Gasteiger partial charge in [0.2, 0.25) is 0 Å². The lowest BCUT2D eigenvalue weighted by Crippen LogP contribution is -2.32. The molecular formula is C7H12Br2O2. The van der Waals surface area contributed by atoms with Gasteiger partial charge in [0, 0.05) is 11.9 Å². The fraction of sp³-hybridized carbons (Fsp3) is 1.00. The second kappa shape index (κ2) is 5.51. The molecule has 0 spiro atoms. The van der Waals surface area contributed by atoms with E-state index in [0.717, 1.165) is 24.8 Å². The van der Waals surface area contributed by atoms with E-state index in [2.05, 4.69) is 31.9 Å². The van der Waals surface area contributed by atoms with Crippen molar-refractivity contribution < 1.29 is 9.47 Å². The van der Waals surface area contributed by atoms with Crippen molar-refractivity contribution in [1.29, 1.82) is 0 Å². The highest BCUT2D eigenvalue weighted by Gasteiger charge is 2.23. The maximum absolute atomic E-state index is 5.43. The van der Waals surface area contributed by atoms with Crippen LogP contribution in [0.15, 0.2) is 0 Å². The fourth-order valence-corrected chi connectivity index (χ4v) is 1.85. The van der Waals surface area contributed by atoms with E-state index in [9.17, 15) is 0 Å². The molecular weight excluding hydrogens is 276 g/mol. The molecule has 1 aliphatic heterocycles. The molecule has 1 aliphatic rings. The normalized spacial score (nSPS) is 32.2. The van der Waals surface area contributed by atoms with Crippen molar-refractivity contribution in [1.82, 2.24) is 0 Å². The number of hydrogen-bond acceptors (Lipinski definition) is 2. The van der Waals surface area contributed by atoms with E-state index in [1.807, 2.05) is 0 Å². The molecule has 0 aromatic heterocycles. The molecule has 1 saturated heterocycles. The van der Waals surface area contributed by atoms with Crippen molar-refractivity contribution in [3.63, 3.8) is 0 Å². The molecule has 0 aliphatic carbocycles. The molecule has 0 aromatic carbocycles. The molecule has 66 valence electrons. The maximum atomic E-state index is 5.43. The Morgan fingerprint density at radius 1 is 1.55 bits per heavy atom. The molecule has 0 aromatic rings. The minimum absolute atomic E-state index is 0.0405. The Hall–Kier alpha value is 0.880. The van der Waals surface area contributed by atoms with Crippen LogP contribution >= 0.6 is 31.9 Å². The lowest BCUT2D eigenvalue weighted by Gasteiger charge is -2.27. The number of rotatable bonds is 3. The minimum atomic E-state index is -0.0405. The van der Waals surface area contributed by atoms with Gasteiger partial charge in [-0.3, -0.25) is 0 Å². The topological polar surface area (TPSA) is 18.5 Å². The smallest absolute Gasteiger partial charge is 0.169 e. The van der Waals surface area contributed by atoms with Crippen molar-refractivity contribution in [2.75, 3.05) is 18.5 Å². The van der Waals surface area contributed by atoms with Crippen molar-refractivity contribution in [2.24, 2.45) is 0 Å². The highest BCUT2D eigenvalue weighted by atomic mass is 79.9. The van der Waals surface area contributed by atoms with Gasteiger partial charge in [-0.15, -0.1) is 0 Å². The molecule has 0 amide bonds. The summed E-state index contributed by atoms with van der Waals surface area (Å²) in [6.07, 6.45) is 2.23. The van der Waals surface area contributed by atoms with Gasteiger partial charge in [0.25, 0.3) is 0 Å². The molecule has 1 rings (SSSR count). The van der Waals surface area contributed by atoms with E-state index in [-0.39, 0.29) is 6.29 Å². The third-order valence-corrected chi connectivity index (χ3v) is 2.77. The van der Waals surface area contributed by atoms with Gasteiger partial charge in [-0.25, -0.2) is 0 Å². The second-order valence-corrected chi connectivity index (χ2v) is 4.43. The Kier molecular flexibility index (Phi) is 4.99. The van der Waals surface area contributed by atoms with E-state index >= 15 is 0 Å². The predicted octanol–water partition coefficient (Wildman–Crippen LogP) is 2.30. The first-order valence-electron chi connectivity index (χ1n) is 3.78. The molecule has 0 radical (unpaired) electrons. The average molecular weight is 288 g/mol. The van der Waals surface area contributed by atoms with Crippen LogP contribution in [0.1, 0.15) is 12.8 Å². The lowest BCUT2D eigenvalue weighted by atomic mass is 10.2. The standard InChI is InChI=1S/C7H12Br2O2/c8-3-5-11-7-6(9)2-1-4-10-7/h6-7H,1-5H2. The van der Waals surface area contributed by atoms with E-state index < -0.39 is 0 Å². The molecule has 2 nitrogen and oxygen atoms in total. The zero-order valence-electron chi connectivity index (χ0n) is 6.26. The van der Waals surface area contributed by atoms with Crippen LogP contribution in [-0.2, 0) is 9.47 Å². The molecule has 0 saturated carbocycles. The summed E-state index contributed by atoms with van der Waals surface area (Å²) >= 11 is 6.82. The summed E-state index contributed by atoms with van der Waals surface area (Å²) in [6.45, 7) is 1.54. The van der Waals surface area contributed by atoms with E-state index in [4.69, 9.17) is 9.47 Å². The first kappa shape index (κ1) is 9.96. The number of halogens is 2. The van der Waals surface area contributed by atoms with Gasteiger partial charge in [0.1, 0.15) is 0 Å². The van der Waals surface area contributed by atoms with Crippen LogP contribution in [0.5, 0.6) is 0 Å². The highest BCUT2D eigenvalue weighted by molar-refractivity contribution is 9.09.